The number of allylic oxidation sites excluding steroid dienone is 6. The zero-order valence-corrected chi connectivity index (χ0v) is 29.8. The molecule has 0 bridgehead atoms. The van der Waals surface area contributed by atoms with Gasteiger partial charge >= 0.3 is 0 Å². The van der Waals surface area contributed by atoms with Crippen molar-refractivity contribution in [1.29, 1.82) is 0 Å². The second-order valence-electron chi connectivity index (χ2n) is 13.9. The van der Waals surface area contributed by atoms with Gasteiger partial charge in [0.05, 0.1) is 0 Å². The van der Waals surface area contributed by atoms with E-state index in [4.69, 9.17) is 4.42 Å². The lowest BCUT2D eigenvalue weighted by Crippen LogP contribution is -2.09. The SMILES string of the molecule is C=C/C=C(\C=CN(c1ccc(-c2ccc3oc4ccccc4c3c2)cc1)c1ccc2c(c1)C=CC=C=C2)c1ccc(C)c(-c2ccccc2C2CC2)c1. The van der Waals surface area contributed by atoms with Crippen LogP contribution in [0.1, 0.15) is 46.6 Å². The minimum absolute atomic E-state index is 0.674. The minimum Gasteiger partial charge on any atom is -0.456 e. The van der Waals surface area contributed by atoms with Crippen LogP contribution >= 0.6 is 0 Å². The molecule has 0 N–H and O–H groups in total. The molecule has 2 heteroatoms. The molecule has 0 spiro atoms. The van der Waals surface area contributed by atoms with Gasteiger partial charge < -0.3 is 9.32 Å². The third-order valence-corrected chi connectivity index (χ3v) is 10.5. The van der Waals surface area contributed by atoms with Gasteiger partial charge in [0.15, 0.2) is 0 Å². The van der Waals surface area contributed by atoms with Gasteiger partial charge in [-0.2, -0.15) is 0 Å². The lowest BCUT2D eigenvalue weighted by molar-refractivity contribution is 0.669. The average molecular weight is 682 g/mol. The molecule has 0 atom stereocenters. The van der Waals surface area contributed by atoms with E-state index in [1.54, 1.807) is 0 Å². The topological polar surface area (TPSA) is 16.4 Å². The molecule has 0 saturated heterocycles. The van der Waals surface area contributed by atoms with E-state index < -0.39 is 0 Å². The van der Waals surface area contributed by atoms with E-state index in [9.17, 15) is 0 Å². The van der Waals surface area contributed by atoms with Crippen LogP contribution in [0, 0.1) is 6.92 Å². The summed E-state index contributed by atoms with van der Waals surface area (Å²) in [6.45, 7) is 6.31. The van der Waals surface area contributed by atoms with E-state index in [0.717, 1.165) is 66.7 Å². The molecule has 2 aliphatic rings. The maximum absolute atomic E-state index is 6.10. The molecule has 0 unspecified atom stereocenters. The number of benzene rings is 6. The van der Waals surface area contributed by atoms with Crippen LogP contribution in [0.15, 0.2) is 181 Å². The summed E-state index contributed by atoms with van der Waals surface area (Å²) >= 11 is 0. The first-order valence-corrected chi connectivity index (χ1v) is 18.4. The van der Waals surface area contributed by atoms with Crippen LogP contribution in [-0.4, -0.2) is 0 Å². The fourth-order valence-corrected chi connectivity index (χ4v) is 7.49. The van der Waals surface area contributed by atoms with Gasteiger partial charge in [0, 0.05) is 28.3 Å². The Bertz CT molecular complexity index is 2690. The van der Waals surface area contributed by atoms with Gasteiger partial charge in [0.2, 0.25) is 0 Å². The summed E-state index contributed by atoms with van der Waals surface area (Å²) in [4.78, 5) is 2.27. The molecule has 254 valence electrons. The number of furan rings is 1. The second kappa shape index (κ2) is 13.8. The molecular formula is C51H39NO. The molecular weight excluding hydrogens is 643 g/mol. The Morgan fingerprint density at radius 1 is 0.736 bits per heavy atom. The van der Waals surface area contributed by atoms with Gasteiger partial charge in [-0.25, -0.2) is 0 Å². The summed E-state index contributed by atoms with van der Waals surface area (Å²) in [7, 11) is 0. The molecule has 1 heterocycles. The molecule has 6 aromatic carbocycles. The predicted octanol–water partition coefficient (Wildman–Crippen LogP) is 14.2. The standard InChI is InChI=1S/C51H39NO/c1-3-11-36(41-19-18-35(2)48(33-41)46-15-8-7-14-45(46)39-20-21-39)30-31-52(44-28-24-37-12-5-4-6-13-40(37)32-44)43-26-22-38(23-27-43)42-25-29-51-49(34-42)47-16-9-10-17-50(47)53-51/h3-4,6-19,22-34,39H,1,20-21H2,2H3/b31-30?,36-11+. The van der Waals surface area contributed by atoms with Gasteiger partial charge in [-0.3, -0.25) is 0 Å². The van der Waals surface area contributed by atoms with Crippen molar-refractivity contribution in [3.63, 3.8) is 0 Å². The molecule has 7 aromatic rings. The molecule has 0 amide bonds. The van der Waals surface area contributed by atoms with Crippen LogP contribution in [-0.2, 0) is 0 Å². The van der Waals surface area contributed by atoms with Gasteiger partial charge in [0.1, 0.15) is 11.2 Å². The lowest BCUT2D eigenvalue weighted by Gasteiger charge is -2.23. The van der Waals surface area contributed by atoms with Crippen molar-refractivity contribution in [1.82, 2.24) is 0 Å². The average Bonchev–Trinajstić information content (AvgIpc) is 4.02. The fourth-order valence-electron chi connectivity index (χ4n) is 7.49. The molecule has 1 saturated carbocycles. The third-order valence-electron chi connectivity index (χ3n) is 10.5. The number of aryl methyl sites for hydroxylation is 1. The number of anilines is 2. The van der Waals surface area contributed by atoms with Crippen molar-refractivity contribution in [2.45, 2.75) is 25.7 Å². The second-order valence-corrected chi connectivity index (χ2v) is 13.9. The van der Waals surface area contributed by atoms with Crippen LogP contribution in [0.4, 0.5) is 11.4 Å². The molecule has 2 nitrogen and oxygen atoms in total. The minimum atomic E-state index is 0.674. The highest BCUT2D eigenvalue weighted by molar-refractivity contribution is 6.06. The van der Waals surface area contributed by atoms with Crippen molar-refractivity contribution in [3.8, 4) is 22.3 Å². The highest BCUT2D eigenvalue weighted by Crippen LogP contribution is 2.45. The Labute approximate surface area is 311 Å². The monoisotopic (exact) mass is 681 g/mol. The van der Waals surface area contributed by atoms with E-state index in [1.165, 1.54) is 35.1 Å². The van der Waals surface area contributed by atoms with Crippen molar-refractivity contribution < 1.29 is 4.42 Å². The van der Waals surface area contributed by atoms with Gasteiger partial charge in [-0.1, -0.05) is 110 Å². The Hall–Kier alpha value is -6.60. The third kappa shape index (κ3) is 6.42. The first-order chi connectivity index (χ1) is 26.1. The Balaban J connectivity index is 1.10. The summed E-state index contributed by atoms with van der Waals surface area (Å²) in [6.07, 6.45) is 19.1. The number of hydrogen-bond acceptors (Lipinski definition) is 2. The quantitative estimate of drug-likeness (QED) is 0.111. The smallest absolute Gasteiger partial charge is 0.135 e. The van der Waals surface area contributed by atoms with E-state index in [1.807, 2.05) is 36.4 Å². The zero-order valence-electron chi connectivity index (χ0n) is 29.8. The maximum atomic E-state index is 6.10. The van der Waals surface area contributed by atoms with Crippen LogP contribution < -0.4 is 4.90 Å². The number of rotatable bonds is 9. The molecule has 2 aliphatic carbocycles. The summed E-state index contributed by atoms with van der Waals surface area (Å²) in [6, 6.07) is 45.9. The van der Waals surface area contributed by atoms with Crippen molar-refractivity contribution in [3.05, 3.63) is 204 Å². The Kier molecular flexibility index (Phi) is 8.44. The summed E-state index contributed by atoms with van der Waals surface area (Å²) in [5, 5.41) is 2.26. The van der Waals surface area contributed by atoms with Gasteiger partial charge in [-0.15, -0.1) is 5.73 Å². The first kappa shape index (κ1) is 32.3. The maximum Gasteiger partial charge on any atom is 0.135 e. The number of hydrogen-bond donors (Lipinski definition) is 0. The number of nitrogens with zero attached hydrogens (tertiary/aromatic N) is 1. The van der Waals surface area contributed by atoms with Gasteiger partial charge in [-0.05, 0) is 148 Å². The Morgan fingerprint density at radius 2 is 1.53 bits per heavy atom. The van der Waals surface area contributed by atoms with Crippen LogP contribution in [0.5, 0.6) is 0 Å². The molecule has 9 rings (SSSR count). The van der Waals surface area contributed by atoms with Crippen molar-refractivity contribution in [2.75, 3.05) is 4.90 Å². The van der Waals surface area contributed by atoms with E-state index >= 15 is 0 Å². The summed E-state index contributed by atoms with van der Waals surface area (Å²) < 4.78 is 6.10. The highest BCUT2D eigenvalue weighted by atomic mass is 16.3. The first-order valence-electron chi connectivity index (χ1n) is 18.4. The van der Waals surface area contributed by atoms with Crippen LogP contribution in [0.3, 0.4) is 0 Å². The molecule has 0 aliphatic heterocycles. The molecule has 53 heavy (non-hydrogen) atoms. The molecule has 1 aromatic heterocycles. The summed E-state index contributed by atoms with van der Waals surface area (Å²) in [5.74, 6) is 0.674. The van der Waals surface area contributed by atoms with Crippen molar-refractivity contribution in [2.24, 2.45) is 0 Å². The van der Waals surface area contributed by atoms with Crippen LogP contribution in [0.25, 0.3) is 61.9 Å². The normalized spacial score (nSPS) is 13.9. The molecule has 1 fully saturated rings. The fraction of sp³-hybridized carbons (Fsp3) is 0.0784. The van der Waals surface area contributed by atoms with E-state index in [2.05, 4.69) is 164 Å². The number of para-hydroxylation sites is 1. The lowest BCUT2D eigenvalue weighted by atomic mass is 9.91. The zero-order chi connectivity index (χ0) is 35.7. The predicted molar refractivity (Wildman–Crippen MR) is 225 cm³/mol. The van der Waals surface area contributed by atoms with Gasteiger partial charge in [0.25, 0.3) is 0 Å². The largest absolute Gasteiger partial charge is 0.456 e. The van der Waals surface area contributed by atoms with Crippen molar-refractivity contribution >= 4 is 51.0 Å². The van der Waals surface area contributed by atoms with E-state index in [0.29, 0.717) is 5.92 Å². The summed E-state index contributed by atoms with van der Waals surface area (Å²) in [5.41, 5.74) is 19.4. The van der Waals surface area contributed by atoms with Crippen LogP contribution in [0.2, 0.25) is 0 Å². The highest BCUT2D eigenvalue weighted by Gasteiger charge is 2.26. The number of fused-ring (bicyclic) bond motifs is 4. The molecule has 0 radical (unpaired) electrons. The van der Waals surface area contributed by atoms with E-state index in [-0.39, 0.29) is 0 Å². The Morgan fingerprint density at radius 3 is 2.40 bits per heavy atom.